The molecule has 78 valence electrons. The fourth-order valence-corrected chi connectivity index (χ4v) is 2.60. The number of carbonyl (C=O) groups is 1. The van der Waals surface area contributed by atoms with Gasteiger partial charge in [-0.05, 0) is 31.6 Å². The third-order valence-corrected chi connectivity index (χ3v) is 3.33. The van der Waals surface area contributed by atoms with Gasteiger partial charge in [-0.1, -0.05) is 19.1 Å². The molecule has 0 spiro atoms. The Bertz CT molecular complexity index is 245. The van der Waals surface area contributed by atoms with E-state index in [1.54, 1.807) is 0 Å². The molecule has 3 atom stereocenters. The molecule has 0 aromatic heterocycles. The zero-order valence-corrected chi connectivity index (χ0v) is 8.74. The van der Waals surface area contributed by atoms with E-state index in [1.807, 2.05) is 6.92 Å². The zero-order chi connectivity index (χ0) is 9.97. The molecule has 1 fully saturated rings. The lowest BCUT2D eigenvalue weighted by molar-refractivity contribution is -0.150. The highest BCUT2D eigenvalue weighted by Crippen LogP contribution is 2.41. The fourth-order valence-electron chi connectivity index (χ4n) is 2.60. The minimum absolute atomic E-state index is 0.0153. The number of hydrogen-bond acceptors (Lipinski definition) is 2. The third kappa shape index (κ3) is 1.84. The molecular formula is C12H18O2. The maximum absolute atomic E-state index is 11.3. The molecule has 2 nitrogen and oxygen atoms in total. The Kier molecular flexibility index (Phi) is 2.90. The van der Waals surface area contributed by atoms with Crippen LogP contribution in [-0.4, -0.2) is 12.1 Å². The Morgan fingerprint density at radius 1 is 1.50 bits per heavy atom. The molecule has 0 amide bonds. The lowest BCUT2D eigenvalue weighted by Crippen LogP contribution is -2.22. The summed E-state index contributed by atoms with van der Waals surface area (Å²) in [5.41, 5.74) is 0. The molecule has 2 heteroatoms. The number of ether oxygens (including phenoxy) is 1. The van der Waals surface area contributed by atoms with E-state index in [-0.39, 0.29) is 12.1 Å². The van der Waals surface area contributed by atoms with Gasteiger partial charge in [-0.25, -0.2) is 0 Å². The van der Waals surface area contributed by atoms with Crippen molar-refractivity contribution >= 4 is 5.97 Å². The van der Waals surface area contributed by atoms with Crippen LogP contribution >= 0.6 is 0 Å². The van der Waals surface area contributed by atoms with Gasteiger partial charge in [-0.3, -0.25) is 4.79 Å². The van der Waals surface area contributed by atoms with Crippen LogP contribution in [0.2, 0.25) is 0 Å². The van der Waals surface area contributed by atoms with Crippen molar-refractivity contribution in [1.82, 2.24) is 0 Å². The molecule has 0 aromatic carbocycles. The summed E-state index contributed by atoms with van der Waals surface area (Å²) < 4.78 is 5.48. The van der Waals surface area contributed by atoms with Gasteiger partial charge in [0.05, 0.1) is 0 Å². The van der Waals surface area contributed by atoms with E-state index in [0.717, 1.165) is 18.8 Å². The van der Waals surface area contributed by atoms with E-state index in [9.17, 15) is 4.79 Å². The number of allylic oxidation sites excluding steroid dienone is 1. The van der Waals surface area contributed by atoms with E-state index >= 15 is 0 Å². The quantitative estimate of drug-likeness (QED) is 0.510. The first-order chi connectivity index (χ1) is 6.81. The summed E-state index contributed by atoms with van der Waals surface area (Å²) in [7, 11) is 0. The molecule has 0 aromatic rings. The summed E-state index contributed by atoms with van der Waals surface area (Å²) in [5, 5.41) is 0. The van der Waals surface area contributed by atoms with Crippen LogP contribution in [0.4, 0.5) is 0 Å². The lowest BCUT2D eigenvalue weighted by atomic mass is 9.99. The normalized spacial score (nSPS) is 34.5. The lowest BCUT2D eigenvalue weighted by Gasteiger charge is -2.17. The number of fused-ring (bicyclic) bond motifs is 1. The van der Waals surface area contributed by atoms with Crippen molar-refractivity contribution in [2.75, 3.05) is 0 Å². The summed E-state index contributed by atoms with van der Waals surface area (Å²) in [6.45, 7) is 2.01. The van der Waals surface area contributed by atoms with E-state index in [0.29, 0.717) is 12.3 Å². The van der Waals surface area contributed by atoms with Crippen molar-refractivity contribution < 1.29 is 9.53 Å². The van der Waals surface area contributed by atoms with E-state index in [1.165, 1.54) is 12.8 Å². The largest absolute Gasteiger partial charge is 0.462 e. The Morgan fingerprint density at radius 2 is 2.36 bits per heavy atom. The zero-order valence-electron chi connectivity index (χ0n) is 8.74. The Labute approximate surface area is 85.3 Å². The van der Waals surface area contributed by atoms with Gasteiger partial charge in [0.2, 0.25) is 0 Å². The van der Waals surface area contributed by atoms with Gasteiger partial charge in [-0.15, -0.1) is 0 Å². The second-order valence-electron chi connectivity index (χ2n) is 4.36. The third-order valence-electron chi connectivity index (χ3n) is 3.33. The van der Waals surface area contributed by atoms with E-state index < -0.39 is 0 Å². The van der Waals surface area contributed by atoms with Crippen molar-refractivity contribution in [3.63, 3.8) is 0 Å². The monoisotopic (exact) mass is 194 g/mol. The fraction of sp³-hybridized carbons (Fsp3) is 0.750. The highest BCUT2D eigenvalue weighted by molar-refractivity contribution is 5.69. The molecule has 2 aliphatic rings. The van der Waals surface area contributed by atoms with E-state index in [2.05, 4.69) is 12.2 Å². The van der Waals surface area contributed by atoms with Gasteiger partial charge in [0.1, 0.15) is 6.10 Å². The second-order valence-corrected chi connectivity index (χ2v) is 4.36. The first-order valence-electron chi connectivity index (χ1n) is 5.67. The predicted molar refractivity (Wildman–Crippen MR) is 54.8 cm³/mol. The van der Waals surface area contributed by atoms with Crippen molar-refractivity contribution in [1.29, 1.82) is 0 Å². The molecule has 0 aliphatic heterocycles. The minimum Gasteiger partial charge on any atom is -0.462 e. The van der Waals surface area contributed by atoms with Crippen LogP contribution in [-0.2, 0) is 9.53 Å². The molecule has 2 aliphatic carbocycles. The smallest absolute Gasteiger partial charge is 0.306 e. The molecule has 1 saturated carbocycles. The molecule has 0 saturated heterocycles. The number of rotatable bonds is 3. The molecule has 0 unspecified atom stereocenters. The van der Waals surface area contributed by atoms with Crippen LogP contribution in [0.1, 0.15) is 39.0 Å². The Hall–Kier alpha value is -0.790. The van der Waals surface area contributed by atoms with Crippen molar-refractivity contribution in [2.24, 2.45) is 11.8 Å². The first-order valence-corrected chi connectivity index (χ1v) is 5.67. The van der Waals surface area contributed by atoms with Crippen molar-refractivity contribution in [3.05, 3.63) is 12.2 Å². The number of carbonyl (C=O) groups excluding carboxylic acids is 1. The van der Waals surface area contributed by atoms with Gasteiger partial charge in [-0.2, -0.15) is 0 Å². The van der Waals surface area contributed by atoms with E-state index in [4.69, 9.17) is 4.74 Å². The number of hydrogen-bond donors (Lipinski definition) is 0. The topological polar surface area (TPSA) is 26.3 Å². The maximum atomic E-state index is 11.3. The molecule has 0 bridgehead atoms. The standard InChI is InChI=1S/C12H18O2/c1-2-4-12(13)14-11-8-7-9-5-3-6-10(9)11/h3,6,9-11H,2,4-5,7-8H2,1H3/t9-,10-,11+/m0/s1. The Morgan fingerprint density at radius 3 is 3.14 bits per heavy atom. The van der Waals surface area contributed by atoms with Gasteiger partial charge in [0, 0.05) is 12.3 Å². The number of esters is 1. The van der Waals surface area contributed by atoms with Crippen LogP contribution in [0.25, 0.3) is 0 Å². The SMILES string of the molecule is CCCC(=O)O[C@@H]1CC[C@@H]2CC=C[C@@H]21. The van der Waals surface area contributed by atoms with Gasteiger partial charge < -0.3 is 4.74 Å². The highest BCUT2D eigenvalue weighted by atomic mass is 16.5. The molecule has 0 heterocycles. The average molecular weight is 194 g/mol. The predicted octanol–water partition coefficient (Wildman–Crippen LogP) is 2.68. The van der Waals surface area contributed by atoms with Crippen LogP contribution in [0.5, 0.6) is 0 Å². The van der Waals surface area contributed by atoms with Crippen LogP contribution < -0.4 is 0 Å². The van der Waals surface area contributed by atoms with Crippen molar-refractivity contribution in [3.8, 4) is 0 Å². The van der Waals surface area contributed by atoms with Gasteiger partial charge in [0.25, 0.3) is 0 Å². The molecular weight excluding hydrogens is 176 g/mol. The summed E-state index contributed by atoms with van der Waals surface area (Å²) in [4.78, 5) is 11.3. The second kappa shape index (κ2) is 4.16. The molecule has 0 radical (unpaired) electrons. The van der Waals surface area contributed by atoms with Crippen LogP contribution in [0, 0.1) is 11.8 Å². The highest BCUT2D eigenvalue weighted by Gasteiger charge is 2.38. The van der Waals surface area contributed by atoms with Gasteiger partial charge in [0.15, 0.2) is 0 Å². The van der Waals surface area contributed by atoms with Gasteiger partial charge >= 0.3 is 5.97 Å². The first kappa shape index (κ1) is 9.75. The summed E-state index contributed by atoms with van der Waals surface area (Å²) >= 11 is 0. The molecule has 2 rings (SSSR count). The van der Waals surface area contributed by atoms with Crippen LogP contribution in [0.15, 0.2) is 12.2 Å². The average Bonchev–Trinajstić information content (AvgIpc) is 2.70. The summed E-state index contributed by atoms with van der Waals surface area (Å²) in [5.74, 6) is 1.27. The summed E-state index contributed by atoms with van der Waals surface area (Å²) in [6.07, 6.45) is 9.57. The maximum Gasteiger partial charge on any atom is 0.306 e. The summed E-state index contributed by atoms with van der Waals surface area (Å²) in [6, 6.07) is 0. The minimum atomic E-state index is -0.0153. The molecule has 14 heavy (non-hydrogen) atoms. The Balaban J connectivity index is 1.86. The van der Waals surface area contributed by atoms with Crippen molar-refractivity contribution in [2.45, 2.75) is 45.1 Å². The molecule has 0 N–H and O–H groups in total. The van der Waals surface area contributed by atoms with Crippen LogP contribution in [0.3, 0.4) is 0 Å².